The van der Waals surface area contributed by atoms with Crippen molar-refractivity contribution in [3.8, 4) is 0 Å². The second-order valence-corrected chi connectivity index (χ2v) is 7.74. The van der Waals surface area contributed by atoms with Crippen LogP contribution in [0.15, 0.2) is 0 Å². The summed E-state index contributed by atoms with van der Waals surface area (Å²) in [5.74, 6) is 0.439. The van der Waals surface area contributed by atoms with Crippen LogP contribution in [0.5, 0.6) is 0 Å². The first-order valence-electron chi connectivity index (χ1n) is 7.36. The Morgan fingerprint density at radius 2 is 1.74 bits per heavy atom. The Hall–Kier alpha value is -0.610. The van der Waals surface area contributed by atoms with Crippen molar-refractivity contribution >= 4 is 5.91 Å². The molecular formula is C15H31N3O. The topological polar surface area (TPSA) is 67.2 Å². The van der Waals surface area contributed by atoms with Crippen molar-refractivity contribution in [2.75, 3.05) is 0 Å². The first-order chi connectivity index (χ1) is 8.51. The van der Waals surface area contributed by atoms with E-state index in [-0.39, 0.29) is 29.1 Å². The van der Waals surface area contributed by atoms with Gasteiger partial charge in [0.25, 0.3) is 0 Å². The smallest absolute Gasteiger partial charge is 0.237 e. The van der Waals surface area contributed by atoms with Gasteiger partial charge in [-0.1, -0.05) is 13.8 Å². The summed E-state index contributed by atoms with van der Waals surface area (Å²) in [7, 11) is 0. The van der Waals surface area contributed by atoms with Crippen LogP contribution in [0.2, 0.25) is 0 Å². The average Bonchev–Trinajstić information content (AvgIpc) is 2.10. The van der Waals surface area contributed by atoms with Gasteiger partial charge in [-0.15, -0.1) is 0 Å². The van der Waals surface area contributed by atoms with E-state index in [9.17, 15) is 4.79 Å². The molecule has 1 fully saturated rings. The molecule has 1 saturated heterocycles. The van der Waals surface area contributed by atoms with Gasteiger partial charge in [0.15, 0.2) is 0 Å². The molecule has 112 valence electrons. The summed E-state index contributed by atoms with van der Waals surface area (Å²) in [4.78, 5) is 12.1. The lowest BCUT2D eigenvalue weighted by Crippen LogP contribution is -2.63. The number of carbonyl (C=O) groups excluding carboxylic acids is 1. The molecule has 4 heteroatoms. The van der Waals surface area contributed by atoms with Gasteiger partial charge in [0.1, 0.15) is 0 Å². The van der Waals surface area contributed by atoms with Gasteiger partial charge in [-0.3, -0.25) is 4.79 Å². The summed E-state index contributed by atoms with van der Waals surface area (Å²) in [5.41, 5.74) is 6.03. The molecule has 19 heavy (non-hydrogen) atoms. The zero-order valence-corrected chi connectivity index (χ0v) is 13.3. The molecule has 1 atom stereocenters. The van der Waals surface area contributed by atoms with Crippen molar-refractivity contribution < 1.29 is 4.79 Å². The van der Waals surface area contributed by atoms with Crippen LogP contribution in [0.25, 0.3) is 0 Å². The lowest BCUT2D eigenvalue weighted by molar-refractivity contribution is -0.124. The second-order valence-electron chi connectivity index (χ2n) is 7.74. The maximum absolute atomic E-state index is 12.1. The Kier molecular flexibility index (Phi) is 5.02. The number of hydrogen-bond acceptors (Lipinski definition) is 3. The molecule has 0 bridgehead atoms. The van der Waals surface area contributed by atoms with Crippen LogP contribution >= 0.6 is 0 Å². The van der Waals surface area contributed by atoms with E-state index in [0.29, 0.717) is 5.92 Å². The van der Waals surface area contributed by atoms with E-state index in [4.69, 9.17) is 5.73 Å². The van der Waals surface area contributed by atoms with Gasteiger partial charge in [-0.05, 0) is 52.9 Å². The predicted octanol–water partition coefficient (Wildman–Crippen LogP) is 1.79. The molecule has 0 unspecified atom stereocenters. The van der Waals surface area contributed by atoms with Crippen LogP contribution in [-0.2, 0) is 4.79 Å². The van der Waals surface area contributed by atoms with Crippen LogP contribution in [0.4, 0.5) is 0 Å². The Balaban J connectivity index is 2.59. The summed E-state index contributed by atoms with van der Waals surface area (Å²) in [5, 5.41) is 6.75. The Morgan fingerprint density at radius 3 is 2.16 bits per heavy atom. The fourth-order valence-electron chi connectivity index (χ4n) is 3.35. The van der Waals surface area contributed by atoms with Gasteiger partial charge in [0.2, 0.25) is 5.91 Å². The molecule has 4 N–H and O–H groups in total. The predicted molar refractivity (Wildman–Crippen MR) is 79.9 cm³/mol. The lowest BCUT2D eigenvalue weighted by atomic mass is 9.79. The molecule has 0 aromatic carbocycles. The number of hydrogen-bond donors (Lipinski definition) is 3. The Bertz CT molecular complexity index is 307. The zero-order chi connectivity index (χ0) is 14.8. The minimum Gasteiger partial charge on any atom is -0.352 e. The molecule has 0 saturated carbocycles. The summed E-state index contributed by atoms with van der Waals surface area (Å²) in [6.45, 7) is 12.9. The molecule has 4 nitrogen and oxygen atoms in total. The third-order valence-corrected chi connectivity index (χ3v) is 3.60. The standard InChI is InChI=1S/C15H31N3O/c1-10(2)7-12(16)13(19)17-11-8-14(3,4)18-15(5,6)9-11/h10-12,18H,7-9,16H2,1-6H3,(H,17,19)/t12-/m0/s1. The molecule has 0 aliphatic carbocycles. The largest absolute Gasteiger partial charge is 0.352 e. The Labute approximate surface area is 117 Å². The summed E-state index contributed by atoms with van der Waals surface area (Å²) in [6, 6.07) is -0.182. The molecule has 1 aliphatic heterocycles. The number of carbonyl (C=O) groups is 1. The number of nitrogens with one attached hydrogen (secondary N) is 2. The van der Waals surface area contributed by atoms with Crippen LogP contribution in [0, 0.1) is 5.92 Å². The van der Waals surface area contributed by atoms with E-state index >= 15 is 0 Å². The maximum Gasteiger partial charge on any atom is 0.237 e. The van der Waals surface area contributed by atoms with E-state index in [1.165, 1.54) is 0 Å². The second kappa shape index (κ2) is 5.80. The molecule has 1 rings (SSSR count). The molecule has 1 aliphatic rings. The highest BCUT2D eigenvalue weighted by Crippen LogP contribution is 2.28. The molecular weight excluding hydrogens is 238 g/mol. The van der Waals surface area contributed by atoms with Gasteiger partial charge in [0.05, 0.1) is 6.04 Å². The molecule has 0 radical (unpaired) electrons. The molecule has 0 spiro atoms. The van der Waals surface area contributed by atoms with Crippen LogP contribution in [0.1, 0.15) is 60.8 Å². The van der Waals surface area contributed by atoms with E-state index in [1.807, 2.05) is 0 Å². The summed E-state index contributed by atoms with van der Waals surface area (Å²) < 4.78 is 0. The first-order valence-corrected chi connectivity index (χ1v) is 7.36. The number of piperidine rings is 1. The van der Waals surface area contributed by atoms with E-state index in [2.05, 4.69) is 52.2 Å². The first kappa shape index (κ1) is 16.4. The third kappa shape index (κ3) is 5.49. The molecule has 1 amide bonds. The van der Waals surface area contributed by atoms with Crippen molar-refractivity contribution in [2.24, 2.45) is 11.7 Å². The van der Waals surface area contributed by atoms with E-state index in [0.717, 1.165) is 19.3 Å². The van der Waals surface area contributed by atoms with Crippen LogP contribution < -0.4 is 16.4 Å². The lowest BCUT2D eigenvalue weighted by Gasteiger charge is -2.46. The Morgan fingerprint density at radius 1 is 1.26 bits per heavy atom. The summed E-state index contributed by atoms with van der Waals surface area (Å²) in [6.07, 6.45) is 2.62. The van der Waals surface area contributed by atoms with Gasteiger partial charge in [-0.25, -0.2) is 0 Å². The zero-order valence-electron chi connectivity index (χ0n) is 13.3. The molecule has 0 aromatic heterocycles. The monoisotopic (exact) mass is 269 g/mol. The minimum absolute atomic E-state index is 0.00722. The highest BCUT2D eigenvalue weighted by atomic mass is 16.2. The van der Waals surface area contributed by atoms with E-state index < -0.39 is 0 Å². The van der Waals surface area contributed by atoms with Gasteiger partial charge < -0.3 is 16.4 Å². The normalized spacial score (nSPS) is 24.2. The van der Waals surface area contributed by atoms with Gasteiger partial charge in [0, 0.05) is 17.1 Å². The van der Waals surface area contributed by atoms with Crippen LogP contribution in [-0.4, -0.2) is 29.1 Å². The number of rotatable bonds is 4. The molecule has 0 aromatic rings. The highest BCUT2D eigenvalue weighted by molar-refractivity contribution is 5.81. The quantitative estimate of drug-likeness (QED) is 0.729. The van der Waals surface area contributed by atoms with Crippen molar-refractivity contribution in [3.05, 3.63) is 0 Å². The number of nitrogens with two attached hydrogens (primary N) is 1. The van der Waals surface area contributed by atoms with Crippen molar-refractivity contribution in [1.82, 2.24) is 10.6 Å². The van der Waals surface area contributed by atoms with Crippen molar-refractivity contribution in [1.29, 1.82) is 0 Å². The fourth-order valence-corrected chi connectivity index (χ4v) is 3.35. The van der Waals surface area contributed by atoms with Gasteiger partial charge in [-0.2, -0.15) is 0 Å². The van der Waals surface area contributed by atoms with Gasteiger partial charge >= 0.3 is 0 Å². The van der Waals surface area contributed by atoms with Crippen molar-refractivity contribution in [2.45, 2.75) is 84.0 Å². The van der Waals surface area contributed by atoms with Crippen LogP contribution in [0.3, 0.4) is 0 Å². The number of amides is 1. The van der Waals surface area contributed by atoms with E-state index in [1.54, 1.807) is 0 Å². The average molecular weight is 269 g/mol. The summed E-state index contributed by atoms with van der Waals surface area (Å²) >= 11 is 0. The SMILES string of the molecule is CC(C)C[C@H](N)C(=O)NC1CC(C)(C)NC(C)(C)C1. The fraction of sp³-hybridized carbons (Fsp3) is 0.933. The molecule has 1 heterocycles. The minimum atomic E-state index is -0.388. The highest BCUT2D eigenvalue weighted by Gasteiger charge is 2.38. The third-order valence-electron chi connectivity index (χ3n) is 3.60. The van der Waals surface area contributed by atoms with Crippen molar-refractivity contribution in [3.63, 3.8) is 0 Å². The maximum atomic E-state index is 12.1.